The van der Waals surface area contributed by atoms with Gasteiger partial charge in [-0.25, -0.2) is 9.37 Å². The van der Waals surface area contributed by atoms with Crippen molar-refractivity contribution in [1.29, 1.82) is 0 Å². The van der Waals surface area contributed by atoms with Gasteiger partial charge in [0.05, 0.1) is 16.9 Å². The topological polar surface area (TPSA) is 55.3 Å². The second-order valence-electron chi connectivity index (χ2n) is 7.36. The SMILES string of the molecule is CC(C)(Oc1ccc(Cl)cc1)C(=O)N(Cc1ccccn1)c1nc2c(F)cccc2s1. The maximum atomic E-state index is 14.2. The Bertz CT molecular complexity index is 1210. The largest absolute Gasteiger partial charge is 0.478 e. The molecule has 31 heavy (non-hydrogen) atoms. The molecule has 0 saturated heterocycles. The number of hydrogen-bond donors (Lipinski definition) is 0. The van der Waals surface area contributed by atoms with E-state index in [0.717, 1.165) is 0 Å². The number of thiazole rings is 1. The molecular formula is C23H19ClFN3O2S. The predicted molar refractivity (Wildman–Crippen MR) is 121 cm³/mol. The molecular weight excluding hydrogens is 437 g/mol. The van der Waals surface area contributed by atoms with E-state index >= 15 is 0 Å². The van der Waals surface area contributed by atoms with Crippen LogP contribution in [0.25, 0.3) is 10.2 Å². The summed E-state index contributed by atoms with van der Waals surface area (Å²) in [7, 11) is 0. The molecule has 4 aromatic rings. The minimum absolute atomic E-state index is 0.175. The van der Waals surface area contributed by atoms with Crippen LogP contribution in [0, 0.1) is 5.82 Å². The summed E-state index contributed by atoms with van der Waals surface area (Å²) in [5.74, 6) is -0.245. The third kappa shape index (κ3) is 4.68. The van der Waals surface area contributed by atoms with Crippen LogP contribution in [0.5, 0.6) is 5.75 Å². The van der Waals surface area contributed by atoms with Crippen molar-refractivity contribution in [2.24, 2.45) is 0 Å². The van der Waals surface area contributed by atoms with Crippen molar-refractivity contribution >= 4 is 44.2 Å². The molecule has 0 N–H and O–H groups in total. The van der Waals surface area contributed by atoms with Gasteiger partial charge >= 0.3 is 0 Å². The van der Waals surface area contributed by atoms with Gasteiger partial charge in [-0.2, -0.15) is 0 Å². The Morgan fingerprint density at radius 2 is 1.90 bits per heavy atom. The Morgan fingerprint density at radius 1 is 1.13 bits per heavy atom. The number of benzene rings is 2. The van der Waals surface area contributed by atoms with E-state index < -0.39 is 11.4 Å². The van der Waals surface area contributed by atoms with Crippen LogP contribution in [0.4, 0.5) is 9.52 Å². The zero-order chi connectivity index (χ0) is 22.0. The number of para-hydroxylation sites is 1. The third-order valence-corrected chi connectivity index (χ3v) is 5.88. The number of hydrogen-bond acceptors (Lipinski definition) is 5. The van der Waals surface area contributed by atoms with Gasteiger partial charge in [0, 0.05) is 11.2 Å². The maximum Gasteiger partial charge on any atom is 0.272 e. The number of carbonyl (C=O) groups is 1. The van der Waals surface area contributed by atoms with Crippen LogP contribution in [-0.4, -0.2) is 21.5 Å². The summed E-state index contributed by atoms with van der Waals surface area (Å²) >= 11 is 7.19. The van der Waals surface area contributed by atoms with E-state index in [1.807, 2.05) is 12.1 Å². The standard InChI is InChI=1S/C23H19ClFN3O2S/c1-23(2,30-17-11-9-15(24)10-12-17)21(29)28(14-16-6-3-4-13-26-16)22-27-20-18(25)7-5-8-19(20)31-22/h3-13H,14H2,1-2H3. The van der Waals surface area contributed by atoms with Gasteiger partial charge in [-0.05, 0) is 62.4 Å². The fourth-order valence-corrected chi connectivity index (χ4v) is 4.17. The van der Waals surface area contributed by atoms with E-state index in [1.165, 1.54) is 22.3 Å². The van der Waals surface area contributed by atoms with Crippen molar-refractivity contribution in [3.8, 4) is 5.75 Å². The summed E-state index contributed by atoms with van der Waals surface area (Å²) in [6.45, 7) is 3.54. The van der Waals surface area contributed by atoms with E-state index in [0.29, 0.717) is 26.3 Å². The van der Waals surface area contributed by atoms with Gasteiger partial charge in [0.25, 0.3) is 5.91 Å². The normalized spacial score (nSPS) is 11.5. The van der Waals surface area contributed by atoms with Crippen molar-refractivity contribution < 1.29 is 13.9 Å². The first-order valence-electron chi connectivity index (χ1n) is 9.55. The van der Waals surface area contributed by atoms with Crippen LogP contribution in [0.1, 0.15) is 19.5 Å². The van der Waals surface area contributed by atoms with E-state index in [-0.39, 0.29) is 18.0 Å². The molecule has 158 valence electrons. The van der Waals surface area contributed by atoms with Gasteiger partial charge in [0.15, 0.2) is 10.7 Å². The second kappa shape index (κ2) is 8.61. The van der Waals surface area contributed by atoms with Crippen LogP contribution >= 0.6 is 22.9 Å². The highest BCUT2D eigenvalue weighted by Gasteiger charge is 2.37. The molecule has 0 unspecified atom stereocenters. The molecule has 0 aliphatic heterocycles. The van der Waals surface area contributed by atoms with Crippen LogP contribution in [-0.2, 0) is 11.3 Å². The highest BCUT2D eigenvalue weighted by Crippen LogP contribution is 2.33. The molecule has 0 aliphatic rings. The number of rotatable bonds is 6. The molecule has 1 amide bonds. The van der Waals surface area contributed by atoms with Gasteiger partial charge in [-0.1, -0.05) is 35.1 Å². The van der Waals surface area contributed by atoms with E-state index in [9.17, 15) is 9.18 Å². The fraction of sp³-hybridized carbons (Fsp3) is 0.174. The second-order valence-corrected chi connectivity index (χ2v) is 8.81. The zero-order valence-electron chi connectivity index (χ0n) is 16.9. The summed E-state index contributed by atoms with van der Waals surface area (Å²) in [6.07, 6.45) is 1.66. The van der Waals surface area contributed by atoms with Crippen molar-refractivity contribution in [3.05, 3.63) is 83.4 Å². The predicted octanol–water partition coefficient (Wildman–Crippen LogP) is 5.87. The summed E-state index contributed by atoms with van der Waals surface area (Å²) in [4.78, 5) is 23.8. The van der Waals surface area contributed by atoms with Crippen molar-refractivity contribution in [2.75, 3.05) is 4.90 Å². The highest BCUT2D eigenvalue weighted by molar-refractivity contribution is 7.22. The van der Waals surface area contributed by atoms with Crippen LogP contribution in [0.3, 0.4) is 0 Å². The number of carbonyl (C=O) groups excluding carboxylic acids is 1. The Morgan fingerprint density at radius 3 is 2.58 bits per heavy atom. The first kappa shape index (κ1) is 21.2. The lowest BCUT2D eigenvalue weighted by Gasteiger charge is -2.31. The Balaban J connectivity index is 1.70. The zero-order valence-corrected chi connectivity index (χ0v) is 18.5. The molecule has 4 rings (SSSR count). The van der Waals surface area contributed by atoms with Gasteiger partial charge in [0.1, 0.15) is 17.1 Å². The molecule has 0 atom stereocenters. The smallest absolute Gasteiger partial charge is 0.272 e. The molecule has 8 heteroatoms. The van der Waals surface area contributed by atoms with E-state index in [2.05, 4.69) is 9.97 Å². The average molecular weight is 456 g/mol. The minimum atomic E-state index is -1.22. The first-order chi connectivity index (χ1) is 14.8. The first-order valence-corrected chi connectivity index (χ1v) is 10.7. The maximum absolute atomic E-state index is 14.2. The molecule has 5 nitrogen and oxygen atoms in total. The van der Waals surface area contributed by atoms with Gasteiger partial charge in [0.2, 0.25) is 0 Å². The number of amides is 1. The van der Waals surface area contributed by atoms with Crippen molar-refractivity contribution in [1.82, 2.24) is 9.97 Å². The monoisotopic (exact) mass is 455 g/mol. The number of fused-ring (bicyclic) bond motifs is 1. The summed E-state index contributed by atoms with van der Waals surface area (Å²) in [5.41, 5.74) is -0.311. The van der Waals surface area contributed by atoms with Crippen LogP contribution in [0.15, 0.2) is 66.9 Å². The number of aromatic nitrogens is 2. The van der Waals surface area contributed by atoms with Crippen molar-refractivity contribution in [2.45, 2.75) is 26.0 Å². The molecule has 0 spiro atoms. The van der Waals surface area contributed by atoms with Crippen molar-refractivity contribution in [3.63, 3.8) is 0 Å². The number of pyridine rings is 1. The summed E-state index contributed by atoms with van der Waals surface area (Å²) in [5, 5.41) is 0.952. The molecule has 0 radical (unpaired) electrons. The number of nitrogens with zero attached hydrogens (tertiary/aromatic N) is 3. The number of halogens is 2. The van der Waals surface area contributed by atoms with Crippen LogP contribution in [0.2, 0.25) is 5.02 Å². The lowest BCUT2D eigenvalue weighted by molar-refractivity contribution is -0.131. The lowest BCUT2D eigenvalue weighted by Crippen LogP contribution is -2.49. The molecule has 2 heterocycles. The molecule has 0 bridgehead atoms. The van der Waals surface area contributed by atoms with Gasteiger partial charge < -0.3 is 4.74 Å². The summed E-state index contributed by atoms with van der Waals surface area (Å²) < 4.78 is 20.9. The molecule has 2 aromatic carbocycles. The Labute approximate surface area is 188 Å². The summed E-state index contributed by atoms with van der Waals surface area (Å²) in [6, 6.07) is 17.0. The van der Waals surface area contributed by atoms with E-state index in [4.69, 9.17) is 16.3 Å². The average Bonchev–Trinajstić information content (AvgIpc) is 3.19. The Hall–Kier alpha value is -3.03. The molecule has 0 fully saturated rings. The highest BCUT2D eigenvalue weighted by atomic mass is 35.5. The number of ether oxygens (including phenoxy) is 1. The van der Waals surface area contributed by atoms with Gasteiger partial charge in [-0.15, -0.1) is 0 Å². The molecule has 2 aromatic heterocycles. The Kier molecular flexibility index (Phi) is 5.89. The quantitative estimate of drug-likeness (QED) is 0.364. The van der Waals surface area contributed by atoms with Gasteiger partial charge in [-0.3, -0.25) is 14.7 Å². The van der Waals surface area contributed by atoms with Crippen LogP contribution < -0.4 is 9.64 Å². The minimum Gasteiger partial charge on any atom is -0.478 e. The number of anilines is 1. The fourth-order valence-electron chi connectivity index (χ4n) is 3.06. The molecule has 0 aliphatic carbocycles. The third-order valence-electron chi connectivity index (χ3n) is 4.58. The van der Waals surface area contributed by atoms with E-state index in [1.54, 1.807) is 62.5 Å². The lowest BCUT2D eigenvalue weighted by atomic mass is 10.1. The molecule has 0 saturated carbocycles.